The molecule has 6 nitrogen and oxygen atoms in total. The van der Waals surface area contributed by atoms with Gasteiger partial charge < -0.3 is 9.64 Å². The Hall–Kier alpha value is -2.83. The van der Waals surface area contributed by atoms with Crippen molar-refractivity contribution in [1.82, 2.24) is 5.43 Å². The molecule has 2 aromatic rings. The molecule has 1 N–H and O–H groups in total. The number of halogens is 1. The second-order valence-electron chi connectivity index (χ2n) is 6.76. The van der Waals surface area contributed by atoms with E-state index in [9.17, 15) is 9.59 Å². The van der Waals surface area contributed by atoms with E-state index in [1.54, 1.807) is 18.2 Å². The Morgan fingerprint density at radius 3 is 2.39 bits per heavy atom. The van der Waals surface area contributed by atoms with E-state index in [1.807, 2.05) is 37.3 Å². The topological polar surface area (TPSA) is 61.9 Å². The highest BCUT2D eigenvalue weighted by Gasteiger charge is 2.34. The van der Waals surface area contributed by atoms with E-state index < -0.39 is 11.8 Å². The average molecular weight is 398 g/mol. The molecule has 28 heavy (non-hydrogen) atoms. The summed E-state index contributed by atoms with van der Waals surface area (Å²) < 4.78 is 5.37. The van der Waals surface area contributed by atoms with Crippen LogP contribution in [0.3, 0.4) is 0 Å². The number of hydrogen-bond acceptors (Lipinski definition) is 4. The van der Waals surface area contributed by atoms with Crippen LogP contribution >= 0.6 is 11.6 Å². The lowest BCUT2D eigenvalue weighted by Gasteiger charge is -2.28. The normalized spacial score (nSPS) is 18.7. The number of morpholine rings is 1. The van der Waals surface area contributed by atoms with Crippen molar-refractivity contribution < 1.29 is 14.3 Å². The van der Waals surface area contributed by atoms with E-state index in [0.717, 1.165) is 43.1 Å². The van der Waals surface area contributed by atoms with Gasteiger partial charge in [-0.25, -0.2) is 5.01 Å². The van der Waals surface area contributed by atoms with Gasteiger partial charge in [-0.2, -0.15) is 0 Å². The van der Waals surface area contributed by atoms with Crippen molar-refractivity contribution in [3.63, 3.8) is 0 Å². The molecule has 144 valence electrons. The minimum absolute atomic E-state index is 0.0934. The molecule has 4 rings (SSSR count). The highest BCUT2D eigenvalue weighted by Crippen LogP contribution is 2.26. The van der Waals surface area contributed by atoms with Crippen molar-refractivity contribution in [3.05, 3.63) is 64.2 Å². The third kappa shape index (κ3) is 3.61. The Morgan fingerprint density at radius 1 is 1.04 bits per heavy atom. The van der Waals surface area contributed by atoms with E-state index in [1.165, 1.54) is 5.01 Å². The lowest BCUT2D eigenvalue weighted by Crippen LogP contribution is -2.36. The van der Waals surface area contributed by atoms with Gasteiger partial charge >= 0.3 is 0 Å². The summed E-state index contributed by atoms with van der Waals surface area (Å²) >= 11 is 6.14. The first-order chi connectivity index (χ1) is 13.5. The molecule has 0 spiro atoms. The number of benzene rings is 2. The second-order valence-corrected chi connectivity index (χ2v) is 7.17. The Bertz CT molecular complexity index is 950. The zero-order chi connectivity index (χ0) is 19.7. The molecule has 0 bridgehead atoms. The molecule has 0 aromatic heterocycles. The van der Waals surface area contributed by atoms with Crippen LogP contribution in [0.25, 0.3) is 6.08 Å². The highest BCUT2D eigenvalue weighted by atomic mass is 35.5. The number of rotatable bonds is 3. The summed E-state index contributed by atoms with van der Waals surface area (Å²) in [7, 11) is 0. The molecule has 2 amide bonds. The average Bonchev–Trinajstić information content (AvgIpc) is 2.99. The van der Waals surface area contributed by atoms with Crippen LogP contribution in [0.5, 0.6) is 0 Å². The number of amides is 2. The van der Waals surface area contributed by atoms with Crippen molar-refractivity contribution in [2.45, 2.75) is 6.92 Å². The lowest BCUT2D eigenvalue weighted by atomic mass is 10.1. The molecule has 0 saturated carbocycles. The minimum atomic E-state index is -0.432. The summed E-state index contributed by atoms with van der Waals surface area (Å²) in [5.74, 6) is -0.832. The van der Waals surface area contributed by atoms with Gasteiger partial charge in [0.2, 0.25) is 0 Å². The number of nitrogens with zero attached hydrogens (tertiary/aromatic N) is 2. The summed E-state index contributed by atoms with van der Waals surface area (Å²) in [6, 6.07) is 13.0. The van der Waals surface area contributed by atoms with Crippen LogP contribution in [-0.4, -0.2) is 38.1 Å². The molecule has 0 radical (unpaired) electrons. The van der Waals surface area contributed by atoms with Gasteiger partial charge in [0.25, 0.3) is 11.8 Å². The van der Waals surface area contributed by atoms with Crippen LogP contribution in [0.2, 0.25) is 5.02 Å². The fourth-order valence-electron chi connectivity index (χ4n) is 3.23. The first-order valence-electron chi connectivity index (χ1n) is 9.09. The van der Waals surface area contributed by atoms with Crippen molar-refractivity contribution in [2.75, 3.05) is 36.2 Å². The summed E-state index contributed by atoms with van der Waals surface area (Å²) in [6.45, 7) is 5.03. The van der Waals surface area contributed by atoms with Crippen LogP contribution < -0.4 is 15.3 Å². The first kappa shape index (κ1) is 18.5. The quantitative estimate of drug-likeness (QED) is 0.639. The van der Waals surface area contributed by atoms with Gasteiger partial charge in [0.15, 0.2) is 0 Å². The van der Waals surface area contributed by atoms with Crippen LogP contribution in [-0.2, 0) is 14.3 Å². The maximum absolute atomic E-state index is 12.7. The lowest BCUT2D eigenvalue weighted by molar-refractivity contribution is -0.117. The predicted octanol–water partition coefficient (Wildman–Crippen LogP) is 2.95. The van der Waals surface area contributed by atoms with Crippen molar-refractivity contribution in [2.24, 2.45) is 0 Å². The third-order valence-electron chi connectivity index (χ3n) is 4.89. The molecule has 2 aliphatic rings. The fraction of sp³-hybridized carbons (Fsp3) is 0.238. The van der Waals surface area contributed by atoms with E-state index in [-0.39, 0.29) is 5.57 Å². The second kappa shape index (κ2) is 7.66. The van der Waals surface area contributed by atoms with E-state index in [4.69, 9.17) is 16.3 Å². The van der Waals surface area contributed by atoms with Crippen molar-refractivity contribution in [1.29, 1.82) is 0 Å². The van der Waals surface area contributed by atoms with Gasteiger partial charge in [-0.05, 0) is 48.4 Å². The van der Waals surface area contributed by atoms with Crippen molar-refractivity contribution >= 4 is 40.9 Å². The molecule has 0 atom stereocenters. The molecule has 0 unspecified atom stereocenters. The van der Waals surface area contributed by atoms with Crippen LogP contribution in [0, 0.1) is 6.92 Å². The molecule has 0 aliphatic carbocycles. The van der Waals surface area contributed by atoms with Gasteiger partial charge in [0.1, 0.15) is 5.57 Å². The number of carbonyl (C=O) groups excluding carboxylic acids is 2. The zero-order valence-corrected chi connectivity index (χ0v) is 16.2. The minimum Gasteiger partial charge on any atom is -0.378 e. The summed E-state index contributed by atoms with van der Waals surface area (Å²) in [6.07, 6.45) is 1.61. The van der Waals surface area contributed by atoms with Crippen LogP contribution in [0.15, 0.2) is 48.0 Å². The van der Waals surface area contributed by atoms with E-state index in [0.29, 0.717) is 10.7 Å². The molecule has 7 heteroatoms. The summed E-state index contributed by atoms with van der Waals surface area (Å²) in [4.78, 5) is 27.3. The van der Waals surface area contributed by atoms with E-state index >= 15 is 0 Å². The van der Waals surface area contributed by atoms with Crippen LogP contribution in [0.1, 0.15) is 11.1 Å². The molecular weight excluding hydrogens is 378 g/mol. The Labute approximate surface area is 168 Å². The molecule has 2 fully saturated rings. The zero-order valence-electron chi connectivity index (χ0n) is 15.4. The fourth-order valence-corrected chi connectivity index (χ4v) is 3.40. The molecule has 2 aromatic carbocycles. The van der Waals surface area contributed by atoms with E-state index in [2.05, 4.69) is 10.3 Å². The summed E-state index contributed by atoms with van der Waals surface area (Å²) in [5, 5.41) is 1.76. The Kier molecular flexibility index (Phi) is 5.07. The van der Waals surface area contributed by atoms with Crippen molar-refractivity contribution in [3.8, 4) is 0 Å². The monoisotopic (exact) mass is 397 g/mol. The van der Waals surface area contributed by atoms with Gasteiger partial charge in [0, 0.05) is 23.8 Å². The Morgan fingerprint density at radius 2 is 1.71 bits per heavy atom. The number of hydrazine groups is 1. The molecule has 2 heterocycles. The first-order valence-corrected chi connectivity index (χ1v) is 9.47. The maximum atomic E-state index is 12.7. The number of hydrogen-bond donors (Lipinski definition) is 1. The SMILES string of the molecule is Cc1ccc(N2NC(=O)C(=Cc3ccc(N4CCOCC4)cc3)C2=O)cc1Cl. The standard InChI is InChI=1S/C21H20ClN3O3/c1-14-2-5-17(13-19(14)22)25-21(27)18(20(26)23-25)12-15-3-6-16(7-4-15)24-8-10-28-11-9-24/h2-7,12-13H,8-11H2,1H3,(H,23,26). The van der Waals surface area contributed by atoms with Gasteiger partial charge in [0.05, 0.1) is 18.9 Å². The highest BCUT2D eigenvalue weighted by molar-refractivity contribution is 6.33. The largest absolute Gasteiger partial charge is 0.378 e. The Balaban J connectivity index is 1.54. The van der Waals surface area contributed by atoms with Gasteiger partial charge in [-0.3, -0.25) is 15.0 Å². The number of carbonyl (C=O) groups is 2. The maximum Gasteiger partial charge on any atom is 0.282 e. The molecular formula is C21H20ClN3O3. The smallest absolute Gasteiger partial charge is 0.282 e. The number of aryl methyl sites for hydroxylation is 1. The number of anilines is 2. The van der Waals surface area contributed by atoms with Gasteiger partial charge in [-0.1, -0.05) is 29.8 Å². The third-order valence-corrected chi connectivity index (χ3v) is 5.29. The number of ether oxygens (including phenoxy) is 1. The molecule has 2 saturated heterocycles. The van der Waals surface area contributed by atoms with Crippen LogP contribution in [0.4, 0.5) is 11.4 Å². The summed E-state index contributed by atoms with van der Waals surface area (Å²) in [5.41, 5.74) is 6.01. The molecule has 2 aliphatic heterocycles. The van der Waals surface area contributed by atoms with Gasteiger partial charge in [-0.15, -0.1) is 0 Å². The number of nitrogens with one attached hydrogen (secondary N) is 1. The predicted molar refractivity (Wildman–Crippen MR) is 109 cm³/mol.